The number of phenolic OH excluding ortho intramolecular Hbond substituents is 1. The Labute approximate surface area is 118 Å². The summed E-state index contributed by atoms with van der Waals surface area (Å²) in [5.41, 5.74) is 2.06. The average molecular weight is 267 g/mol. The highest BCUT2D eigenvalue weighted by Gasteiger charge is 2.51. The second-order valence-electron chi connectivity index (χ2n) is 5.42. The fraction of sp³-hybridized carbons (Fsp3) is 0.235. The number of anilines is 1. The van der Waals surface area contributed by atoms with E-state index in [1.807, 2.05) is 43.3 Å². The summed E-state index contributed by atoms with van der Waals surface area (Å²) in [5.74, 6) is 0.0741. The first kappa shape index (κ1) is 12.7. The summed E-state index contributed by atoms with van der Waals surface area (Å²) in [5, 5.41) is 12.7. The van der Waals surface area contributed by atoms with Gasteiger partial charge in [0, 0.05) is 0 Å². The number of benzene rings is 2. The van der Waals surface area contributed by atoms with Crippen molar-refractivity contribution in [1.29, 1.82) is 0 Å². The Kier molecular flexibility index (Phi) is 2.97. The van der Waals surface area contributed by atoms with Gasteiger partial charge in [-0.05, 0) is 43.0 Å². The Morgan fingerprint density at radius 3 is 2.45 bits per heavy atom. The van der Waals surface area contributed by atoms with E-state index in [2.05, 4.69) is 5.32 Å². The third kappa shape index (κ3) is 2.16. The van der Waals surface area contributed by atoms with E-state index >= 15 is 0 Å². The molecule has 0 saturated heterocycles. The molecule has 0 unspecified atom stereocenters. The molecule has 2 N–H and O–H groups in total. The highest BCUT2D eigenvalue weighted by molar-refractivity contribution is 6.02. The molecular weight excluding hydrogens is 250 g/mol. The maximum absolute atomic E-state index is 12.5. The van der Waals surface area contributed by atoms with Crippen molar-refractivity contribution in [2.45, 2.75) is 25.2 Å². The van der Waals surface area contributed by atoms with Gasteiger partial charge >= 0.3 is 0 Å². The summed E-state index contributed by atoms with van der Waals surface area (Å²) in [6.07, 6.45) is 1.71. The van der Waals surface area contributed by atoms with Crippen LogP contribution in [0.5, 0.6) is 5.75 Å². The van der Waals surface area contributed by atoms with Crippen LogP contribution in [0, 0.1) is 6.92 Å². The Morgan fingerprint density at radius 1 is 1.15 bits per heavy atom. The van der Waals surface area contributed by atoms with Crippen LogP contribution >= 0.6 is 0 Å². The van der Waals surface area contributed by atoms with Crippen LogP contribution in [0.25, 0.3) is 0 Å². The van der Waals surface area contributed by atoms with E-state index in [0.717, 1.165) is 24.0 Å². The number of phenols is 1. The zero-order valence-corrected chi connectivity index (χ0v) is 11.4. The lowest BCUT2D eigenvalue weighted by atomic mass is 9.95. The second-order valence-corrected chi connectivity index (χ2v) is 5.42. The number of carbonyl (C=O) groups is 1. The molecule has 0 atom stereocenters. The third-order valence-corrected chi connectivity index (χ3v) is 3.91. The van der Waals surface area contributed by atoms with Crippen LogP contribution in [0.2, 0.25) is 0 Å². The maximum Gasteiger partial charge on any atom is 0.235 e. The minimum Gasteiger partial charge on any atom is -0.506 e. The minimum atomic E-state index is -0.418. The minimum absolute atomic E-state index is 0.0390. The lowest BCUT2D eigenvalue weighted by Crippen LogP contribution is -2.27. The molecule has 0 bridgehead atoms. The Bertz CT molecular complexity index is 645. The predicted octanol–water partition coefficient (Wildman–Crippen LogP) is 3.37. The Hall–Kier alpha value is -2.29. The van der Waals surface area contributed by atoms with Gasteiger partial charge < -0.3 is 10.4 Å². The summed E-state index contributed by atoms with van der Waals surface area (Å²) < 4.78 is 0. The first-order valence-corrected chi connectivity index (χ1v) is 6.78. The van der Waals surface area contributed by atoms with Gasteiger partial charge in [0.05, 0.1) is 11.1 Å². The number of hydrogen-bond acceptors (Lipinski definition) is 2. The molecule has 0 aromatic heterocycles. The van der Waals surface area contributed by atoms with Gasteiger partial charge in [0.2, 0.25) is 5.91 Å². The second kappa shape index (κ2) is 4.67. The Balaban J connectivity index is 1.83. The van der Waals surface area contributed by atoms with E-state index < -0.39 is 5.41 Å². The largest absolute Gasteiger partial charge is 0.506 e. The van der Waals surface area contributed by atoms with Crippen LogP contribution in [0.4, 0.5) is 5.69 Å². The van der Waals surface area contributed by atoms with E-state index in [9.17, 15) is 9.90 Å². The zero-order chi connectivity index (χ0) is 14.2. The smallest absolute Gasteiger partial charge is 0.235 e. The highest BCUT2D eigenvalue weighted by atomic mass is 16.3. The van der Waals surface area contributed by atoms with Gasteiger partial charge in [-0.25, -0.2) is 0 Å². The molecule has 1 amide bonds. The van der Waals surface area contributed by atoms with Gasteiger partial charge in [0.25, 0.3) is 0 Å². The molecule has 1 aliphatic carbocycles. The van der Waals surface area contributed by atoms with Crippen LogP contribution in [-0.2, 0) is 10.2 Å². The standard InChI is InChI=1S/C17H17NO2/c1-12-7-8-14(15(19)11-12)18-16(20)17(9-10-17)13-5-3-2-4-6-13/h2-8,11,19H,9-10H2,1H3,(H,18,20). The Morgan fingerprint density at radius 2 is 1.85 bits per heavy atom. The van der Waals surface area contributed by atoms with Crippen molar-refractivity contribution in [3.63, 3.8) is 0 Å². The van der Waals surface area contributed by atoms with E-state index in [1.165, 1.54) is 0 Å². The molecule has 1 fully saturated rings. The van der Waals surface area contributed by atoms with Crippen LogP contribution in [-0.4, -0.2) is 11.0 Å². The van der Waals surface area contributed by atoms with Crippen LogP contribution in [0.3, 0.4) is 0 Å². The van der Waals surface area contributed by atoms with E-state index in [4.69, 9.17) is 0 Å². The van der Waals surface area contributed by atoms with Gasteiger partial charge in [-0.3, -0.25) is 4.79 Å². The van der Waals surface area contributed by atoms with Crippen molar-refractivity contribution in [2.24, 2.45) is 0 Å². The first-order chi connectivity index (χ1) is 9.62. The lowest BCUT2D eigenvalue weighted by Gasteiger charge is -2.16. The van der Waals surface area contributed by atoms with Crippen molar-refractivity contribution in [3.05, 3.63) is 59.7 Å². The number of aromatic hydroxyl groups is 1. The summed E-state index contributed by atoms with van der Waals surface area (Å²) in [6, 6.07) is 15.1. The van der Waals surface area contributed by atoms with Gasteiger partial charge in [-0.2, -0.15) is 0 Å². The zero-order valence-electron chi connectivity index (χ0n) is 11.4. The SMILES string of the molecule is Cc1ccc(NC(=O)C2(c3ccccc3)CC2)c(O)c1. The highest BCUT2D eigenvalue weighted by Crippen LogP contribution is 2.49. The molecule has 3 heteroatoms. The molecule has 0 spiro atoms. The summed E-state index contributed by atoms with van der Waals surface area (Å²) >= 11 is 0. The van der Waals surface area contributed by atoms with Crippen LogP contribution in [0.1, 0.15) is 24.0 Å². The van der Waals surface area contributed by atoms with E-state index in [0.29, 0.717) is 5.69 Å². The van der Waals surface area contributed by atoms with Crippen molar-refractivity contribution in [3.8, 4) is 5.75 Å². The number of aryl methyl sites for hydroxylation is 1. The normalized spacial score (nSPS) is 15.7. The fourth-order valence-corrected chi connectivity index (χ4v) is 2.52. The van der Waals surface area contributed by atoms with E-state index in [-0.39, 0.29) is 11.7 Å². The van der Waals surface area contributed by atoms with Crippen LogP contribution in [0.15, 0.2) is 48.5 Å². The molecule has 2 aromatic rings. The van der Waals surface area contributed by atoms with Gasteiger partial charge in [0.15, 0.2) is 0 Å². The van der Waals surface area contributed by atoms with Crippen molar-refractivity contribution >= 4 is 11.6 Å². The van der Waals surface area contributed by atoms with Gasteiger partial charge in [-0.1, -0.05) is 36.4 Å². The number of amides is 1. The van der Waals surface area contributed by atoms with Crippen molar-refractivity contribution in [1.82, 2.24) is 0 Å². The molecule has 3 rings (SSSR count). The lowest BCUT2D eigenvalue weighted by molar-refractivity contribution is -0.118. The molecule has 0 radical (unpaired) electrons. The number of nitrogens with one attached hydrogen (secondary N) is 1. The monoisotopic (exact) mass is 267 g/mol. The van der Waals surface area contributed by atoms with E-state index in [1.54, 1.807) is 12.1 Å². The molecule has 1 saturated carbocycles. The average Bonchev–Trinajstić information content (AvgIpc) is 3.24. The summed E-state index contributed by atoms with van der Waals surface area (Å²) in [4.78, 5) is 12.5. The number of hydrogen-bond donors (Lipinski definition) is 2. The topological polar surface area (TPSA) is 49.3 Å². The van der Waals surface area contributed by atoms with Gasteiger partial charge in [0.1, 0.15) is 5.75 Å². The molecule has 0 aliphatic heterocycles. The quantitative estimate of drug-likeness (QED) is 0.838. The van der Waals surface area contributed by atoms with Crippen molar-refractivity contribution < 1.29 is 9.90 Å². The molecule has 20 heavy (non-hydrogen) atoms. The molecular formula is C17H17NO2. The first-order valence-electron chi connectivity index (χ1n) is 6.78. The molecule has 1 aliphatic rings. The number of carbonyl (C=O) groups excluding carboxylic acids is 1. The maximum atomic E-state index is 12.5. The molecule has 0 heterocycles. The van der Waals surface area contributed by atoms with Crippen molar-refractivity contribution in [2.75, 3.05) is 5.32 Å². The fourth-order valence-electron chi connectivity index (χ4n) is 2.52. The summed E-state index contributed by atoms with van der Waals surface area (Å²) in [7, 11) is 0. The summed E-state index contributed by atoms with van der Waals surface area (Å²) in [6.45, 7) is 1.90. The molecule has 2 aromatic carbocycles. The van der Waals surface area contributed by atoms with Gasteiger partial charge in [-0.15, -0.1) is 0 Å². The molecule has 102 valence electrons. The molecule has 3 nitrogen and oxygen atoms in total. The third-order valence-electron chi connectivity index (χ3n) is 3.91. The van der Waals surface area contributed by atoms with Crippen LogP contribution < -0.4 is 5.32 Å². The number of rotatable bonds is 3. The predicted molar refractivity (Wildman–Crippen MR) is 78.8 cm³/mol.